The van der Waals surface area contributed by atoms with E-state index in [2.05, 4.69) is 11.8 Å². The molecule has 2 aliphatic rings. The van der Waals surface area contributed by atoms with Gasteiger partial charge < -0.3 is 10.8 Å². The molecule has 2 fully saturated rings. The highest BCUT2D eigenvalue weighted by Gasteiger charge is 2.43. The van der Waals surface area contributed by atoms with Crippen LogP contribution >= 0.6 is 0 Å². The SMILES string of the molecule is CC1CCCCN1CC(N)(CO)C1CC1. The second-order valence-corrected chi connectivity index (χ2v) is 5.48. The lowest BCUT2D eigenvalue weighted by Crippen LogP contribution is -2.57. The molecule has 1 saturated carbocycles. The molecule has 0 spiro atoms. The Morgan fingerprint density at radius 1 is 1.33 bits per heavy atom. The molecule has 0 amide bonds. The molecule has 1 aliphatic heterocycles. The Kier molecular flexibility index (Phi) is 3.33. The van der Waals surface area contributed by atoms with Crippen LogP contribution in [0.1, 0.15) is 39.0 Å². The second kappa shape index (κ2) is 4.40. The number of aliphatic hydroxyl groups is 1. The zero-order valence-corrected chi connectivity index (χ0v) is 9.78. The Morgan fingerprint density at radius 3 is 2.60 bits per heavy atom. The summed E-state index contributed by atoms with van der Waals surface area (Å²) >= 11 is 0. The number of hydrogen-bond acceptors (Lipinski definition) is 3. The normalized spacial score (nSPS) is 32.6. The van der Waals surface area contributed by atoms with E-state index >= 15 is 0 Å². The fraction of sp³-hybridized carbons (Fsp3) is 1.00. The maximum Gasteiger partial charge on any atom is 0.0626 e. The summed E-state index contributed by atoms with van der Waals surface area (Å²) < 4.78 is 0. The van der Waals surface area contributed by atoms with Crippen molar-refractivity contribution in [1.29, 1.82) is 0 Å². The van der Waals surface area contributed by atoms with Crippen LogP contribution in [0.5, 0.6) is 0 Å². The largest absolute Gasteiger partial charge is 0.394 e. The van der Waals surface area contributed by atoms with Crippen LogP contribution in [-0.4, -0.2) is 41.3 Å². The van der Waals surface area contributed by atoms with E-state index in [0.29, 0.717) is 12.0 Å². The van der Waals surface area contributed by atoms with Gasteiger partial charge in [-0.05, 0) is 45.1 Å². The molecule has 0 bridgehead atoms. The maximum atomic E-state index is 9.46. The van der Waals surface area contributed by atoms with Gasteiger partial charge in [-0.2, -0.15) is 0 Å². The Hall–Kier alpha value is -0.120. The fourth-order valence-electron chi connectivity index (χ4n) is 2.74. The van der Waals surface area contributed by atoms with Crippen LogP contribution in [0.15, 0.2) is 0 Å². The molecular weight excluding hydrogens is 188 g/mol. The molecule has 15 heavy (non-hydrogen) atoms. The molecule has 2 unspecified atom stereocenters. The minimum atomic E-state index is -0.328. The van der Waals surface area contributed by atoms with Gasteiger partial charge in [-0.1, -0.05) is 6.42 Å². The summed E-state index contributed by atoms with van der Waals surface area (Å²) in [6.45, 7) is 4.47. The van der Waals surface area contributed by atoms with Crippen molar-refractivity contribution in [3.63, 3.8) is 0 Å². The quantitative estimate of drug-likeness (QED) is 0.730. The first-order valence-electron chi connectivity index (χ1n) is 6.29. The van der Waals surface area contributed by atoms with Crippen molar-refractivity contribution in [2.75, 3.05) is 19.7 Å². The minimum absolute atomic E-state index is 0.140. The van der Waals surface area contributed by atoms with Crippen molar-refractivity contribution in [3.05, 3.63) is 0 Å². The molecule has 3 nitrogen and oxygen atoms in total. The van der Waals surface area contributed by atoms with Crippen molar-refractivity contribution < 1.29 is 5.11 Å². The van der Waals surface area contributed by atoms with Gasteiger partial charge in [0, 0.05) is 12.6 Å². The van der Waals surface area contributed by atoms with E-state index in [9.17, 15) is 5.11 Å². The number of aliphatic hydroxyl groups excluding tert-OH is 1. The van der Waals surface area contributed by atoms with Gasteiger partial charge >= 0.3 is 0 Å². The number of hydrogen-bond donors (Lipinski definition) is 2. The van der Waals surface area contributed by atoms with Crippen molar-refractivity contribution in [2.24, 2.45) is 11.7 Å². The van der Waals surface area contributed by atoms with E-state index in [0.717, 1.165) is 13.1 Å². The van der Waals surface area contributed by atoms with Gasteiger partial charge in [-0.3, -0.25) is 4.90 Å². The Morgan fingerprint density at radius 2 is 2.07 bits per heavy atom. The van der Waals surface area contributed by atoms with Crippen LogP contribution in [-0.2, 0) is 0 Å². The second-order valence-electron chi connectivity index (χ2n) is 5.48. The first-order chi connectivity index (χ1) is 7.15. The molecule has 2 atom stereocenters. The molecule has 1 saturated heterocycles. The van der Waals surface area contributed by atoms with E-state index in [1.54, 1.807) is 0 Å². The summed E-state index contributed by atoms with van der Waals surface area (Å²) in [7, 11) is 0. The zero-order valence-electron chi connectivity index (χ0n) is 9.78. The van der Waals surface area contributed by atoms with Crippen LogP contribution in [0.2, 0.25) is 0 Å². The third kappa shape index (κ3) is 2.52. The number of likely N-dealkylation sites (tertiary alicyclic amines) is 1. The number of piperidine rings is 1. The summed E-state index contributed by atoms with van der Waals surface area (Å²) in [6, 6.07) is 0.645. The van der Waals surface area contributed by atoms with Gasteiger partial charge in [0.15, 0.2) is 0 Å². The zero-order chi connectivity index (χ0) is 10.9. The molecular formula is C12H24N2O. The third-order valence-electron chi connectivity index (χ3n) is 4.12. The van der Waals surface area contributed by atoms with Crippen LogP contribution in [0.4, 0.5) is 0 Å². The van der Waals surface area contributed by atoms with Crippen molar-refractivity contribution >= 4 is 0 Å². The predicted octanol–water partition coefficient (Wildman–Crippen LogP) is 0.961. The minimum Gasteiger partial charge on any atom is -0.394 e. The smallest absolute Gasteiger partial charge is 0.0626 e. The van der Waals surface area contributed by atoms with Gasteiger partial charge in [-0.25, -0.2) is 0 Å². The van der Waals surface area contributed by atoms with Gasteiger partial charge in [0.25, 0.3) is 0 Å². The fourth-order valence-corrected chi connectivity index (χ4v) is 2.74. The van der Waals surface area contributed by atoms with Gasteiger partial charge in [0.05, 0.1) is 12.1 Å². The Balaban J connectivity index is 1.92. The lowest BCUT2D eigenvalue weighted by atomic mass is 9.92. The lowest BCUT2D eigenvalue weighted by molar-refractivity contribution is 0.0807. The highest BCUT2D eigenvalue weighted by molar-refractivity contribution is 5.01. The summed E-state index contributed by atoms with van der Waals surface area (Å²) in [5, 5.41) is 9.46. The van der Waals surface area contributed by atoms with E-state index < -0.39 is 0 Å². The standard InChI is InChI=1S/C12H24N2O/c1-10-4-2-3-7-14(10)8-12(13,9-15)11-5-6-11/h10-11,15H,2-9,13H2,1H3. The van der Waals surface area contributed by atoms with Gasteiger partial charge in [0.2, 0.25) is 0 Å². The summed E-state index contributed by atoms with van der Waals surface area (Å²) in [4.78, 5) is 2.47. The maximum absolute atomic E-state index is 9.46. The van der Waals surface area contributed by atoms with E-state index in [1.165, 1.54) is 32.1 Å². The number of rotatable bonds is 4. The average molecular weight is 212 g/mol. The van der Waals surface area contributed by atoms with Gasteiger partial charge in [-0.15, -0.1) is 0 Å². The lowest BCUT2D eigenvalue weighted by Gasteiger charge is -2.40. The molecule has 2 rings (SSSR count). The Bertz CT molecular complexity index is 218. The van der Waals surface area contributed by atoms with Gasteiger partial charge in [0.1, 0.15) is 0 Å². The Labute approximate surface area is 92.6 Å². The molecule has 3 N–H and O–H groups in total. The summed E-state index contributed by atoms with van der Waals surface area (Å²) in [5.41, 5.74) is 5.98. The van der Waals surface area contributed by atoms with E-state index in [1.807, 2.05) is 0 Å². The first kappa shape index (κ1) is 11.4. The predicted molar refractivity (Wildman–Crippen MR) is 61.6 cm³/mol. The van der Waals surface area contributed by atoms with Crippen molar-refractivity contribution in [2.45, 2.75) is 50.6 Å². The van der Waals surface area contributed by atoms with Crippen LogP contribution in [0.25, 0.3) is 0 Å². The van der Waals surface area contributed by atoms with E-state index in [-0.39, 0.29) is 12.1 Å². The number of nitrogens with two attached hydrogens (primary N) is 1. The van der Waals surface area contributed by atoms with Crippen LogP contribution in [0.3, 0.4) is 0 Å². The van der Waals surface area contributed by atoms with E-state index in [4.69, 9.17) is 5.73 Å². The third-order valence-corrected chi connectivity index (χ3v) is 4.12. The van der Waals surface area contributed by atoms with Crippen LogP contribution < -0.4 is 5.73 Å². The van der Waals surface area contributed by atoms with Crippen LogP contribution in [0, 0.1) is 5.92 Å². The highest BCUT2D eigenvalue weighted by atomic mass is 16.3. The molecule has 0 aromatic heterocycles. The number of nitrogens with zero attached hydrogens (tertiary/aromatic N) is 1. The molecule has 0 radical (unpaired) electrons. The monoisotopic (exact) mass is 212 g/mol. The topological polar surface area (TPSA) is 49.5 Å². The van der Waals surface area contributed by atoms with Crippen molar-refractivity contribution in [3.8, 4) is 0 Å². The first-order valence-corrected chi connectivity index (χ1v) is 6.29. The molecule has 88 valence electrons. The highest BCUT2D eigenvalue weighted by Crippen LogP contribution is 2.39. The summed E-state index contributed by atoms with van der Waals surface area (Å²) in [5.74, 6) is 0.566. The van der Waals surface area contributed by atoms with Crippen molar-refractivity contribution in [1.82, 2.24) is 4.90 Å². The molecule has 0 aromatic rings. The average Bonchev–Trinajstić information content (AvgIpc) is 3.05. The summed E-state index contributed by atoms with van der Waals surface area (Å²) in [6.07, 6.45) is 6.33. The molecule has 3 heteroatoms. The molecule has 1 heterocycles. The molecule has 1 aliphatic carbocycles. The molecule has 0 aromatic carbocycles.